The molecule has 1 atom stereocenters. The number of anilines is 1. The number of amides is 1. The highest BCUT2D eigenvalue weighted by Crippen LogP contribution is 2.26. The van der Waals surface area contributed by atoms with Gasteiger partial charge in [-0.2, -0.15) is 0 Å². The van der Waals surface area contributed by atoms with Crippen LogP contribution in [0, 0.1) is 0 Å². The summed E-state index contributed by atoms with van der Waals surface area (Å²) >= 11 is 0. The van der Waals surface area contributed by atoms with Gasteiger partial charge in [0.1, 0.15) is 11.5 Å². The second-order valence-corrected chi connectivity index (χ2v) is 8.97. The van der Waals surface area contributed by atoms with Crippen molar-refractivity contribution in [1.29, 1.82) is 0 Å². The van der Waals surface area contributed by atoms with Crippen molar-refractivity contribution in [2.24, 2.45) is 0 Å². The van der Waals surface area contributed by atoms with Crippen LogP contribution < -0.4 is 25.0 Å². The van der Waals surface area contributed by atoms with Gasteiger partial charge < -0.3 is 25.0 Å². The zero-order chi connectivity index (χ0) is 24.6. The molecular formula is C29H35N3O3. The van der Waals surface area contributed by atoms with Crippen molar-refractivity contribution in [3.05, 3.63) is 89.5 Å². The van der Waals surface area contributed by atoms with Gasteiger partial charge >= 0.3 is 0 Å². The Labute approximate surface area is 208 Å². The molecule has 0 spiro atoms. The minimum absolute atomic E-state index is 0.0345. The molecule has 0 radical (unpaired) electrons. The molecule has 3 aromatic carbocycles. The van der Waals surface area contributed by atoms with Gasteiger partial charge in [0.05, 0.1) is 20.3 Å². The Balaban J connectivity index is 1.26. The quantitative estimate of drug-likeness (QED) is 0.460. The number of nitrogens with zero attached hydrogens (tertiary/aromatic N) is 1. The number of benzene rings is 3. The molecule has 3 aromatic rings. The molecule has 1 fully saturated rings. The third-order valence-corrected chi connectivity index (χ3v) is 6.71. The molecule has 6 heteroatoms. The second kappa shape index (κ2) is 11.8. The molecule has 1 saturated heterocycles. The van der Waals surface area contributed by atoms with Crippen LogP contribution in [0.4, 0.5) is 5.69 Å². The zero-order valence-electron chi connectivity index (χ0n) is 20.8. The predicted octanol–water partition coefficient (Wildman–Crippen LogP) is 4.95. The largest absolute Gasteiger partial charge is 0.497 e. The lowest BCUT2D eigenvalue weighted by Gasteiger charge is -2.34. The molecule has 0 saturated carbocycles. The third-order valence-electron chi connectivity index (χ3n) is 6.71. The van der Waals surface area contributed by atoms with E-state index < -0.39 is 0 Å². The number of rotatable bonds is 9. The number of nitrogens with one attached hydrogen (secondary N) is 2. The first-order valence-electron chi connectivity index (χ1n) is 12.2. The van der Waals surface area contributed by atoms with Gasteiger partial charge in [-0.05, 0) is 55.7 Å². The number of carbonyl (C=O) groups is 1. The van der Waals surface area contributed by atoms with Crippen LogP contribution in [-0.4, -0.2) is 39.3 Å². The lowest BCUT2D eigenvalue weighted by Crippen LogP contribution is -2.42. The van der Waals surface area contributed by atoms with Crippen molar-refractivity contribution in [3.8, 4) is 11.5 Å². The fourth-order valence-electron chi connectivity index (χ4n) is 4.52. The van der Waals surface area contributed by atoms with Crippen molar-refractivity contribution in [2.75, 3.05) is 32.2 Å². The Kier molecular flexibility index (Phi) is 8.27. The van der Waals surface area contributed by atoms with E-state index in [-0.39, 0.29) is 11.9 Å². The Morgan fingerprint density at radius 1 is 0.971 bits per heavy atom. The second-order valence-electron chi connectivity index (χ2n) is 8.97. The summed E-state index contributed by atoms with van der Waals surface area (Å²) in [5.74, 6) is 1.59. The Hall–Kier alpha value is -3.51. The maximum absolute atomic E-state index is 12.7. The summed E-state index contributed by atoms with van der Waals surface area (Å²) in [7, 11) is 3.35. The summed E-state index contributed by atoms with van der Waals surface area (Å²) in [5.41, 5.74) is 4.07. The topological polar surface area (TPSA) is 62.8 Å². The average Bonchev–Trinajstić information content (AvgIpc) is 2.92. The van der Waals surface area contributed by atoms with Crippen molar-refractivity contribution in [2.45, 2.75) is 38.4 Å². The summed E-state index contributed by atoms with van der Waals surface area (Å²) < 4.78 is 10.8. The van der Waals surface area contributed by atoms with E-state index in [0.29, 0.717) is 11.6 Å². The molecule has 2 N–H and O–H groups in total. The van der Waals surface area contributed by atoms with Crippen LogP contribution in [0.2, 0.25) is 0 Å². The Morgan fingerprint density at radius 3 is 2.34 bits per heavy atom. The maximum atomic E-state index is 12.7. The number of hydrogen-bond donors (Lipinski definition) is 2. The monoisotopic (exact) mass is 473 g/mol. The first kappa shape index (κ1) is 24.6. The lowest BCUT2D eigenvalue weighted by molar-refractivity contribution is 0.0940. The molecular weight excluding hydrogens is 438 g/mol. The van der Waals surface area contributed by atoms with Gasteiger partial charge in [-0.15, -0.1) is 0 Å². The van der Waals surface area contributed by atoms with E-state index in [1.54, 1.807) is 14.2 Å². The van der Waals surface area contributed by atoms with Crippen LogP contribution in [0.5, 0.6) is 11.5 Å². The van der Waals surface area contributed by atoms with Gasteiger partial charge in [0, 0.05) is 48.6 Å². The van der Waals surface area contributed by atoms with Crippen molar-refractivity contribution in [3.63, 3.8) is 0 Å². The maximum Gasteiger partial charge on any atom is 0.251 e. The molecule has 0 unspecified atom stereocenters. The Morgan fingerprint density at radius 2 is 1.69 bits per heavy atom. The SMILES string of the molecule is COc1ccc(CNC2CCN(c3ccc(C(=O)N[C@@H](C)c4ccccc4)cc3)CC2)c(OC)c1. The van der Waals surface area contributed by atoms with E-state index >= 15 is 0 Å². The van der Waals surface area contributed by atoms with Gasteiger partial charge in [-0.1, -0.05) is 36.4 Å². The molecule has 35 heavy (non-hydrogen) atoms. The molecule has 0 aliphatic carbocycles. The van der Waals surface area contributed by atoms with Crippen LogP contribution in [-0.2, 0) is 6.54 Å². The van der Waals surface area contributed by atoms with Gasteiger partial charge in [-0.25, -0.2) is 0 Å². The number of piperidine rings is 1. The molecule has 0 aromatic heterocycles. The molecule has 1 aliphatic heterocycles. The highest BCUT2D eigenvalue weighted by atomic mass is 16.5. The zero-order valence-corrected chi connectivity index (χ0v) is 20.8. The minimum atomic E-state index is -0.0511. The van der Waals surface area contributed by atoms with E-state index in [0.717, 1.165) is 60.8 Å². The molecule has 6 nitrogen and oxygen atoms in total. The van der Waals surface area contributed by atoms with Gasteiger partial charge in [0.15, 0.2) is 0 Å². The summed E-state index contributed by atoms with van der Waals surface area (Å²) in [4.78, 5) is 15.1. The normalized spacial score (nSPS) is 14.9. The lowest BCUT2D eigenvalue weighted by atomic mass is 10.0. The summed E-state index contributed by atoms with van der Waals surface area (Å²) in [5, 5.41) is 6.76. The highest BCUT2D eigenvalue weighted by molar-refractivity contribution is 5.94. The fourth-order valence-corrected chi connectivity index (χ4v) is 4.52. The third kappa shape index (κ3) is 6.34. The number of carbonyl (C=O) groups excluding carboxylic acids is 1. The van der Waals surface area contributed by atoms with Crippen molar-refractivity contribution < 1.29 is 14.3 Å². The molecule has 4 rings (SSSR count). The molecule has 184 valence electrons. The van der Waals surface area contributed by atoms with Gasteiger partial charge in [-0.3, -0.25) is 4.79 Å². The molecule has 1 aliphatic rings. The van der Waals surface area contributed by atoms with Gasteiger partial charge in [0.2, 0.25) is 0 Å². The first-order valence-corrected chi connectivity index (χ1v) is 12.2. The standard InChI is InChI=1S/C29H35N3O3/c1-21(22-7-5-4-6-8-22)31-29(33)23-9-12-26(13-10-23)32-17-15-25(16-18-32)30-20-24-11-14-27(34-2)19-28(24)35-3/h4-14,19,21,25,30H,15-18,20H2,1-3H3,(H,31,33)/t21-/m0/s1. The van der Waals surface area contributed by atoms with Crippen molar-refractivity contribution >= 4 is 11.6 Å². The van der Waals surface area contributed by atoms with E-state index in [4.69, 9.17) is 9.47 Å². The molecule has 1 amide bonds. The van der Waals surface area contributed by atoms with Crippen LogP contribution in [0.25, 0.3) is 0 Å². The predicted molar refractivity (Wildman–Crippen MR) is 140 cm³/mol. The fraction of sp³-hybridized carbons (Fsp3) is 0.345. The van der Waals surface area contributed by atoms with Crippen LogP contribution >= 0.6 is 0 Å². The van der Waals surface area contributed by atoms with Crippen LogP contribution in [0.15, 0.2) is 72.8 Å². The highest BCUT2D eigenvalue weighted by Gasteiger charge is 2.20. The van der Waals surface area contributed by atoms with Gasteiger partial charge in [0.25, 0.3) is 5.91 Å². The summed E-state index contributed by atoms with van der Waals surface area (Å²) in [6.07, 6.45) is 2.13. The first-order chi connectivity index (χ1) is 17.1. The van der Waals surface area contributed by atoms with Crippen molar-refractivity contribution in [1.82, 2.24) is 10.6 Å². The van der Waals surface area contributed by atoms with E-state index in [2.05, 4.69) is 33.7 Å². The number of hydrogen-bond acceptors (Lipinski definition) is 5. The number of ether oxygens (including phenoxy) is 2. The number of methoxy groups -OCH3 is 2. The smallest absolute Gasteiger partial charge is 0.251 e. The summed E-state index contributed by atoms with van der Waals surface area (Å²) in [6.45, 7) is 4.73. The van der Waals surface area contributed by atoms with E-state index in [9.17, 15) is 4.79 Å². The van der Waals surface area contributed by atoms with Crippen LogP contribution in [0.1, 0.15) is 47.3 Å². The average molecular weight is 474 g/mol. The summed E-state index contributed by atoms with van der Waals surface area (Å²) in [6, 6.07) is 24.3. The minimum Gasteiger partial charge on any atom is -0.497 e. The molecule has 1 heterocycles. The van der Waals surface area contributed by atoms with E-state index in [1.165, 1.54) is 0 Å². The Bertz CT molecular complexity index is 1090. The van der Waals surface area contributed by atoms with E-state index in [1.807, 2.05) is 61.5 Å². The van der Waals surface area contributed by atoms with Crippen LogP contribution in [0.3, 0.4) is 0 Å². The molecule has 0 bridgehead atoms.